The van der Waals surface area contributed by atoms with Gasteiger partial charge in [-0.15, -0.1) is 0 Å². The molecule has 1 aromatic rings. The van der Waals surface area contributed by atoms with Crippen LogP contribution < -0.4 is 10.6 Å². The van der Waals surface area contributed by atoms with E-state index in [1.54, 1.807) is 7.11 Å². The lowest BCUT2D eigenvalue weighted by molar-refractivity contribution is -0.00626. The third kappa shape index (κ3) is 2.96. The number of nitrogens with one attached hydrogen (secondary N) is 2. The zero-order valence-electron chi connectivity index (χ0n) is 13.0. The van der Waals surface area contributed by atoms with E-state index in [4.69, 9.17) is 14.5 Å². The Bertz CT molecular complexity index is 511. The van der Waals surface area contributed by atoms with Gasteiger partial charge in [0.05, 0.1) is 6.61 Å². The van der Waals surface area contributed by atoms with E-state index in [9.17, 15) is 0 Å². The van der Waals surface area contributed by atoms with E-state index in [1.807, 2.05) is 14.0 Å². The largest absolute Gasteiger partial charge is 0.378 e. The van der Waals surface area contributed by atoms with Gasteiger partial charge in [-0.1, -0.05) is 0 Å². The number of ether oxygens (including phenoxy) is 2. The summed E-state index contributed by atoms with van der Waals surface area (Å²) in [7, 11) is 3.65. The van der Waals surface area contributed by atoms with Crippen molar-refractivity contribution in [1.82, 2.24) is 9.97 Å². The molecule has 0 radical (unpaired) electrons. The molecular formula is C15H24N4O2. The van der Waals surface area contributed by atoms with Crippen LogP contribution in [0.3, 0.4) is 0 Å². The summed E-state index contributed by atoms with van der Waals surface area (Å²) in [6.07, 6.45) is 3.30. The van der Waals surface area contributed by atoms with Crippen LogP contribution in [0.4, 0.5) is 11.6 Å². The highest BCUT2D eigenvalue weighted by Crippen LogP contribution is 2.39. The summed E-state index contributed by atoms with van der Waals surface area (Å²) in [4.78, 5) is 9.32. The highest BCUT2D eigenvalue weighted by atomic mass is 16.5. The fraction of sp³-hybridized carbons (Fsp3) is 0.733. The summed E-state index contributed by atoms with van der Waals surface area (Å²) in [6.45, 7) is 4.13. The Balaban J connectivity index is 1.79. The van der Waals surface area contributed by atoms with Crippen LogP contribution in [0, 0.1) is 6.92 Å². The molecule has 2 N–H and O–H groups in total. The van der Waals surface area contributed by atoms with Crippen molar-refractivity contribution in [1.29, 1.82) is 0 Å². The topological polar surface area (TPSA) is 68.3 Å². The third-order valence-corrected chi connectivity index (χ3v) is 4.42. The molecule has 21 heavy (non-hydrogen) atoms. The molecular weight excluding hydrogens is 268 g/mol. The standard InChI is InChI=1S/C15H24N4O2/c1-10-12(16-2)18-14(11-4-5-11)19-13(10)17-8-15(20-3)6-7-21-9-15/h11H,4-9H2,1-3H3,(H2,16,17,18,19). The highest BCUT2D eigenvalue weighted by molar-refractivity contribution is 5.57. The lowest BCUT2D eigenvalue weighted by Crippen LogP contribution is -2.40. The number of aromatic nitrogens is 2. The van der Waals surface area contributed by atoms with Crippen LogP contribution in [0.25, 0.3) is 0 Å². The second-order valence-corrected chi connectivity index (χ2v) is 5.97. The number of rotatable bonds is 6. The normalized spacial score (nSPS) is 25.1. The van der Waals surface area contributed by atoms with Gasteiger partial charge in [-0.2, -0.15) is 0 Å². The van der Waals surface area contributed by atoms with Crippen LogP contribution in [0.1, 0.15) is 36.6 Å². The van der Waals surface area contributed by atoms with E-state index in [0.29, 0.717) is 19.1 Å². The Morgan fingerprint density at radius 2 is 2.10 bits per heavy atom. The Morgan fingerprint density at radius 1 is 1.33 bits per heavy atom. The fourth-order valence-corrected chi connectivity index (χ4v) is 2.68. The van der Waals surface area contributed by atoms with E-state index < -0.39 is 0 Å². The predicted molar refractivity (Wildman–Crippen MR) is 82.0 cm³/mol. The summed E-state index contributed by atoms with van der Waals surface area (Å²) in [5.74, 6) is 3.29. The van der Waals surface area contributed by atoms with E-state index >= 15 is 0 Å². The molecule has 2 fully saturated rings. The molecule has 2 aliphatic rings. The minimum atomic E-state index is -0.239. The molecule has 1 aromatic heterocycles. The van der Waals surface area contributed by atoms with Gasteiger partial charge in [-0.3, -0.25) is 0 Å². The molecule has 1 unspecified atom stereocenters. The van der Waals surface area contributed by atoms with Gasteiger partial charge in [-0.25, -0.2) is 9.97 Å². The number of methoxy groups -OCH3 is 1. The first kappa shape index (κ1) is 14.5. The molecule has 0 bridgehead atoms. The van der Waals surface area contributed by atoms with Crippen molar-refractivity contribution in [3.8, 4) is 0 Å². The Hall–Kier alpha value is -1.40. The van der Waals surface area contributed by atoms with Crippen molar-refractivity contribution in [3.05, 3.63) is 11.4 Å². The molecule has 6 nitrogen and oxygen atoms in total. The van der Waals surface area contributed by atoms with Gasteiger partial charge in [0, 0.05) is 45.2 Å². The van der Waals surface area contributed by atoms with Crippen molar-refractivity contribution in [2.24, 2.45) is 0 Å². The van der Waals surface area contributed by atoms with Gasteiger partial charge in [0.2, 0.25) is 0 Å². The maximum Gasteiger partial charge on any atom is 0.136 e. The first-order valence-electron chi connectivity index (χ1n) is 7.60. The summed E-state index contributed by atoms with van der Waals surface area (Å²) in [5, 5.41) is 6.61. The molecule has 1 aliphatic heterocycles. The van der Waals surface area contributed by atoms with E-state index in [-0.39, 0.29) is 5.60 Å². The van der Waals surface area contributed by atoms with Gasteiger partial charge < -0.3 is 20.1 Å². The van der Waals surface area contributed by atoms with Gasteiger partial charge >= 0.3 is 0 Å². The quantitative estimate of drug-likeness (QED) is 0.835. The average Bonchev–Trinajstić information content (AvgIpc) is 3.25. The minimum Gasteiger partial charge on any atom is -0.378 e. The summed E-state index contributed by atoms with van der Waals surface area (Å²) in [6, 6.07) is 0. The molecule has 1 saturated heterocycles. The lowest BCUT2D eigenvalue weighted by Gasteiger charge is -2.26. The Kier molecular flexibility index (Phi) is 3.99. The molecule has 1 aliphatic carbocycles. The first-order chi connectivity index (χ1) is 10.2. The van der Waals surface area contributed by atoms with Crippen molar-refractivity contribution < 1.29 is 9.47 Å². The number of anilines is 2. The molecule has 0 spiro atoms. The highest BCUT2D eigenvalue weighted by Gasteiger charge is 2.35. The number of hydrogen-bond acceptors (Lipinski definition) is 6. The van der Waals surface area contributed by atoms with E-state index in [0.717, 1.165) is 36.1 Å². The van der Waals surface area contributed by atoms with Gasteiger partial charge in [0.15, 0.2) is 0 Å². The van der Waals surface area contributed by atoms with Crippen molar-refractivity contribution >= 4 is 11.6 Å². The zero-order valence-corrected chi connectivity index (χ0v) is 13.0. The Morgan fingerprint density at radius 3 is 2.67 bits per heavy atom. The second-order valence-electron chi connectivity index (χ2n) is 5.97. The van der Waals surface area contributed by atoms with Gasteiger partial charge in [-0.05, 0) is 19.8 Å². The number of hydrogen-bond donors (Lipinski definition) is 2. The van der Waals surface area contributed by atoms with Crippen molar-refractivity contribution in [2.75, 3.05) is 44.5 Å². The molecule has 2 heterocycles. The Labute approximate surface area is 125 Å². The van der Waals surface area contributed by atoms with Crippen LogP contribution >= 0.6 is 0 Å². The minimum absolute atomic E-state index is 0.239. The molecule has 0 aromatic carbocycles. The van der Waals surface area contributed by atoms with Crippen LogP contribution in [-0.4, -0.2) is 49.5 Å². The van der Waals surface area contributed by atoms with Crippen molar-refractivity contribution in [3.63, 3.8) is 0 Å². The summed E-state index contributed by atoms with van der Waals surface area (Å²) < 4.78 is 11.1. The van der Waals surface area contributed by atoms with Gasteiger partial charge in [0.25, 0.3) is 0 Å². The van der Waals surface area contributed by atoms with E-state index in [1.165, 1.54) is 12.8 Å². The van der Waals surface area contributed by atoms with Crippen LogP contribution in [-0.2, 0) is 9.47 Å². The monoisotopic (exact) mass is 292 g/mol. The van der Waals surface area contributed by atoms with Gasteiger partial charge in [0.1, 0.15) is 23.1 Å². The van der Waals surface area contributed by atoms with Crippen molar-refractivity contribution in [2.45, 2.75) is 37.7 Å². The first-order valence-corrected chi connectivity index (χ1v) is 7.60. The van der Waals surface area contributed by atoms with E-state index in [2.05, 4.69) is 15.6 Å². The molecule has 1 atom stereocenters. The molecule has 3 rings (SSSR count). The lowest BCUT2D eigenvalue weighted by atomic mass is 10.0. The maximum absolute atomic E-state index is 5.66. The molecule has 116 valence electrons. The molecule has 1 saturated carbocycles. The van der Waals surface area contributed by atoms with Crippen LogP contribution in [0.15, 0.2) is 0 Å². The average molecular weight is 292 g/mol. The maximum atomic E-state index is 5.66. The smallest absolute Gasteiger partial charge is 0.136 e. The zero-order chi connectivity index (χ0) is 14.9. The third-order valence-electron chi connectivity index (χ3n) is 4.42. The van der Waals surface area contributed by atoms with Crippen LogP contribution in [0.2, 0.25) is 0 Å². The van der Waals surface area contributed by atoms with Crippen LogP contribution in [0.5, 0.6) is 0 Å². The second kappa shape index (κ2) is 5.77. The fourth-order valence-electron chi connectivity index (χ4n) is 2.68. The molecule has 0 amide bonds. The summed E-state index contributed by atoms with van der Waals surface area (Å²) in [5.41, 5.74) is 0.809. The summed E-state index contributed by atoms with van der Waals surface area (Å²) >= 11 is 0. The predicted octanol–water partition coefficient (Wildman–Crippen LogP) is 1.92. The number of nitrogens with zero attached hydrogens (tertiary/aromatic N) is 2. The SMILES string of the molecule is CNc1nc(C2CC2)nc(NCC2(OC)CCOC2)c1C. The molecule has 6 heteroatoms.